The molecule has 4 nitrogen and oxygen atoms in total. The number of aromatic carboxylic acids is 1. The van der Waals surface area contributed by atoms with Gasteiger partial charge in [-0.2, -0.15) is 0 Å². The van der Waals surface area contributed by atoms with Crippen molar-refractivity contribution in [3.8, 4) is 5.75 Å². The number of hydrogen-bond acceptors (Lipinski definition) is 4. The molecule has 6 heteroatoms. The van der Waals surface area contributed by atoms with Gasteiger partial charge in [0.1, 0.15) is 11.1 Å². The van der Waals surface area contributed by atoms with Crippen LogP contribution < -0.4 is 39.4 Å². The Morgan fingerprint density at radius 1 is 1.19 bits per heavy atom. The van der Waals surface area contributed by atoms with Crippen molar-refractivity contribution in [2.24, 2.45) is 0 Å². The summed E-state index contributed by atoms with van der Waals surface area (Å²) in [5.74, 6) is -1.50. The minimum atomic E-state index is -1.27. The third-order valence-electron chi connectivity index (χ3n) is 2.88. The number of ether oxygens (including phenoxy) is 1. The molecule has 1 atom stereocenters. The Morgan fingerprint density at radius 2 is 1.81 bits per heavy atom. The van der Waals surface area contributed by atoms with Crippen LogP contribution in [-0.4, -0.2) is 17.3 Å². The van der Waals surface area contributed by atoms with E-state index in [4.69, 9.17) is 16.3 Å². The minimum absolute atomic E-state index is 0. The van der Waals surface area contributed by atoms with E-state index < -0.39 is 17.3 Å². The number of carbonyl (C=O) groups is 2. The molecular formula is C15H18ClNaO4. The fraction of sp³-hybridized carbons (Fsp3) is 0.467. The molecule has 1 rings (SSSR count). The Labute approximate surface area is 152 Å². The van der Waals surface area contributed by atoms with Crippen molar-refractivity contribution >= 4 is 23.5 Å². The normalized spacial score (nSPS) is 11.3. The maximum atomic E-state index is 11.7. The second-order valence-corrected chi connectivity index (χ2v) is 5.08. The molecule has 1 aromatic carbocycles. The topological polar surface area (TPSA) is 66.4 Å². The molecule has 110 valence electrons. The summed E-state index contributed by atoms with van der Waals surface area (Å²) in [4.78, 5) is 22.3. The average Bonchev–Trinajstić information content (AvgIpc) is 2.44. The van der Waals surface area contributed by atoms with Crippen molar-refractivity contribution in [1.29, 1.82) is 0 Å². The number of carbonyl (C=O) groups excluding carboxylic acids is 2. The number of esters is 1. The molecule has 0 fully saturated rings. The Bertz CT molecular complexity index is 447. The van der Waals surface area contributed by atoms with Crippen LogP contribution in [0.15, 0.2) is 24.3 Å². The van der Waals surface area contributed by atoms with Crippen molar-refractivity contribution in [3.05, 3.63) is 29.8 Å². The maximum Gasteiger partial charge on any atom is 1.00 e. The molecule has 0 saturated heterocycles. The van der Waals surface area contributed by atoms with Crippen molar-refractivity contribution < 1.29 is 49.0 Å². The molecule has 0 amide bonds. The van der Waals surface area contributed by atoms with E-state index in [2.05, 4.69) is 6.92 Å². The van der Waals surface area contributed by atoms with Crippen LogP contribution in [0.4, 0.5) is 0 Å². The molecule has 0 aromatic heterocycles. The standard InChI is InChI=1S/C15H19ClO4.Na/c1-2-3-4-5-6-13(16)15(19)20-12-9-7-11(8-10-12)14(17)18;/h7-10,13H,2-6H2,1H3,(H,17,18);/q;+1/p-1. The molecule has 0 spiro atoms. The molecule has 21 heavy (non-hydrogen) atoms. The summed E-state index contributed by atoms with van der Waals surface area (Å²) in [5, 5.41) is 9.90. The third kappa shape index (κ3) is 7.86. The van der Waals surface area contributed by atoms with Gasteiger partial charge in [0.15, 0.2) is 0 Å². The van der Waals surface area contributed by atoms with E-state index >= 15 is 0 Å². The number of halogens is 1. The van der Waals surface area contributed by atoms with Gasteiger partial charge in [0.25, 0.3) is 0 Å². The van der Waals surface area contributed by atoms with Crippen LogP contribution >= 0.6 is 11.6 Å². The van der Waals surface area contributed by atoms with E-state index in [0.717, 1.165) is 25.7 Å². The summed E-state index contributed by atoms with van der Waals surface area (Å²) in [6.07, 6.45) is 4.77. The maximum absolute atomic E-state index is 11.7. The number of carboxylic acids is 1. The van der Waals surface area contributed by atoms with Gasteiger partial charge in [-0.3, -0.25) is 4.79 Å². The van der Waals surface area contributed by atoms with Crippen molar-refractivity contribution in [3.63, 3.8) is 0 Å². The van der Waals surface area contributed by atoms with E-state index in [1.165, 1.54) is 24.3 Å². The molecule has 0 aliphatic heterocycles. The van der Waals surface area contributed by atoms with Gasteiger partial charge in [0.05, 0.1) is 5.97 Å². The molecule has 0 N–H and O–H groups in total. The van der Waals surface area contributed by atoms with Gasteiger partial charge in [-0.1, -0.05) is 32.6 Å². The van der Waals surface area contributed by atoms with Crippen LogP contribution in [0.2, 0.25) is 0 Å². The summed E-state index contributed by atoms with van der Waals surface area (Å²) in [5.41, 5.74) is 0.0341. The predicted octanol–water partition coefficient (Wildman–Crippen LogP) is -0.463. The van der Waals surface area contributed by atoms with Crippen molar-refractivity contribution in [1.82, 2.24) is 0 Å². The van der Waals surface area contributed by atoms with Gasteiger partial charge in [-0.25, -0.2) is 0 Å². The van der Waals surface area contributed by atoms with E-state index in [1.54, 1.807) is 0 Å². The zero-order valence-corrected chi connectivity index (χ0v) is 15.2. The van der Waals surface area contributed by atoms with Gasteiger partial charge >= 0.3 is 35.5 Å². The zero-order chi connectivity index (χ0) is 15.0. The molecule has 0 radical (unpaired) electrons. The first-order valence-electron chi connectivity index (χ1n) is 6.71. The second-order valence-electron chi connectivity index (χ2n) is 4.55. The Hall–Kier alpha value is -0.550. The largest absolute Gasteiger partial charge is 1.00 e. The number of benzene rings is 1. The van der Waals surface area contributed by atoms with Crippen LogP contribution in [0, 0.1) is 0 Å². The van der Waals surface area contributed by atoms with Gasteiger partial charge < -0.3 is 14.6 Å². The van der Waals surface area contributed by atoms with Crippen molar-refractivity contribution in [2.45, 2.75) is 44.4 Å². The van der Waals surface area contributed by atoms with E-state index in [9.17, 15) is 14.7 Å². The Morgan fingerprint density at radius 3 is 2.33 bits per heavy atom. The van der Waals surface area contributed by atoms with Gasteiger partial charge in [0.2, 0.25) is 0 Å². The van der Waals surface area contributed by atoms with Crippen molar-refractivity contribution in [2.75, 3.05) is 0 Å². The molecule has 0 bridgehead atoms. The van der Waals surface area contributed by atoms with Gasteiger partial charge in [-0.15, -0.1) is 11.6 Å². The first kappa shape index (κ1) is 20.5. The molecule has 0 saturated carbocycles. The van der Waals surface area contributed by atoms with E-state index in [1.807, 2.05) is 0 Å². The molecule has 1 unspecified atom stereocenters. The first-order valence-corrected chi connectivity index (χ1v) is 7.15. The minimum Gasteiger partial charge on any atom is -0.545 e. The second kappa shape index (κ2) is 11.1. The fourth-order valence-corrected chi connectivity index (χ4v) is 1.91. The SMILES string of the molecule is CCCCCCC(Cl)C(=O)Oc1ccc(C(=O)[O-])cc1.[Na+]. The monoisotopic (exact) mass is 320 g/mol. The number of alkyl halides is 1. The van der Waals surface area contributed by atoms with E-state index in [0.29, 0.717) is 6.42 Å². The molecule has 0 heterocycles. The van der Waals surface area contributed by atoms with Gasteiger partial charge in [-0.05, 0) is 36.2 Å². The number of carboxylic acid groups (broad SMARTS) is 1. The molecule has 0 aliphatic carbocycles. The molecule has 0 aliphatic rings. The quantitative estimate of drug-likeness (QED) is 0.214. The first-order chi connectivity index (χ1) is 9.54. The summed E-state index contributed by atoms with van der Waals surface area (Å²) < 4.78 is 5.08. The summed E-state index contributed by atoms with van der Waals surface area (Å²) in [7, 11) is 0. The molecule has 1 aromatic rings. The van der Waals surface area contributed by atoms with Crippen LogP contribution in [0.3, 0.4) is 0 Å². The third-order valence-corrected chi connectivity index (χ3v) is 3.27. The predicted molar refractivity (Wildman–Crippen MR) is 74.8 cm³/mol. The van der Waals surface area contributed by atoms with Crippen LogP contribution in [-0.2, 0) is 4.79 Å². The van der Waals surface area contributed by atoms with Gasteiger partial charge in [0, 0.05) is 0 Å². The van der Waals surface area contributed by atoms with Crippen LogP contribution in [0.25, 0.3) is 0 Å². The molecular weight excluding hydrogens is 303 g/mol. The average molecular weight is 321 g/mol. The summed E-state index contributed by atoms with van der Waals surface area (Å²) >= 11 is 5.96. The van der Waals surface area contributed by atoms with E-state index in [-0.39, 0.29) is 40.9 Å². The summed E-state index contributed by atoms with van der Waals surface area (Å²) in [6, 6.07) is 5.46. The van der Waals surface area contributed by atoms with Crippen LogP contribution in [0.5, 0.6) is 5.75 Å². The Kier molecular flexibility index (Phi) is 10.8. The number of unbranched alkanes of at least 4 members (excludes halogenated alkanes) is 3. The number of rotatable bonds is 8. The smallest absolute Gasteiger partial charge is 0.545 e. The number of hydrogen-bond donors (Lipinski definition) is 0. The Balaban J connectivity index is 0.00000400. The summed E-state index contributed by atoms with van der Waals surface area (Å²) in [6.45, 7) is 2.11. The van der Waals surface area contributed by atoms with Crippen LogP contribution in [0.1, 0.15) is 49.4 Å². The zero-order valence-electron chi connectivity index (χ0n) is 12.4. The fourth-order valence-electron chi connectivity index (χ4n) is 1.71.